The Morgan fingerprint density at radius 2 is 2.33 bits per heavy atom. The van der Waals surface area contributed by atoms with Crippen LogP contribution >= 0.6 is 23.1 Å². The van der Waals surface area contributed by atoms with Gasteiger partial charge in [0, 0.05) is 11.6 Å². The third kappa shape index (κ3) is 2.14. The van der Waals surface area contributed by atoms with E-state index in [0.29, 0.717) is 23.4 Å². The van der Waals surface area contributed by atoms with E-state index >= 15 is 0 Å². The second-order valence-electron chi connectivity index (χ2n) is 3.29. The van der Waals surface area contributed by atoms with Gasteiger partial charge < -0.3 is 5.32 Å². The van der Waals surface area contributed by atoms with Crippen molar-refractivity contribution in [2.24, 2.45) is 0 Å². The Bertz CT molecular complexity index is 648. The zero-order valence-corrected chi connectivity index (χ0v) is 11.1. The Hall–Kier alpha value is -1.74. The molecule has 92 valence electrons. The highest BCUT2D eigenvalue weighted by Crippen LogP contribution is 2.14. The lowest BCUT2D eigenvalue weighted by Gasteiger charge is -2.05. The van der Waals surface area contributed by atoms with Crippen molar-refractivity contribution in [1.29, 1.82) is 0 Å². The Labute approximate surface area is 111 Å². The van der Waals surface area contributed by atoms with Gasteiger partial charge in [-0.1, -0.05) is 11.8 Å². The molecule has 18 heavy (non-hydrogen) atoms. The van der Waals surface area contributed by atoms with Crippen molar-refractivity contribution in [1.82, 2.24) is 29.5 Å². The largest absolute Gasteiger partial charge is 0.347 e. The van der Waals surface area contributed by atoms with Gasteiger partial charge in [-0.25, -0.2) is 4.98 Å². The Morgan fingerprint density at radius 1 is 1.39 bits per heavy atom. The first-order valence-electron chi connectivity index (χ1n) is 5.11. The number of nitrogens with zero attached hydrogens (tertiary/aromatic N) is 6. The van der Waals surface area contributed by atoms with Gasteiger partial charge >= 0.3 is 0 Å². The quantitative estimate of drug-likeness (QED) is 0.721. The third-order valence-corrected chi connectivity index (χ3v) is 3.52. The van der Waals surface area contributed by atoms with Crippen LogP contribution in [-0.4, -0.2) is 35.8 Å². The number of thioether (sulfide) groups is 1. The molecule has 7 nitrogen and oxygen atoms in total. The van der Waals surface area contributed by atoms with Crippen LogP contribution in [0.15, 0.2) is 23.1 Å². The molecule has 0 unspecified atom stereocenters. The lowest BCUT2D eigenvalue weighted by Crippen LogP contribution is -2.09. The molecule has 3 rings (SSSR count). The van der Waals surface area contributed by atoms with E-state index in [1.807, 2.05) is 11.6 Å². The predicted octanol–water partition coefficient (Wildman–Crippen LogP) is 1.31. The Morgan fingerprint density at radius 3 is 3.11 bits per heavy atom. The van der Waals surface area contributed by atoms with Gasteiger partial charge in [0.25, 0.3) is 5.78 Å². The highest BCUT2D eigenvalue weighted by atomic mass is 32.2. The molecule has 0 aromatic carbocycles. The number of fused-ring (bicyclic) bond motifs is 1. The van der Waals surface area contributed by atoms with E-state index in [0.717, 1.165) is 5.01 Å². The van der Waals surface area contributed by atoms with Gasteiger partial charge in [0.1, 0.15) is 11.3 Å². The molecule has 0 aliphatic heterocycles. The van der Waals surface area contributed by atoms with E-state index in [1.165, 1.54) is 18.1 Å². The minimum absolute atomic E-state index is 0.538. The molecule has 3 aromatic heterocycles. The highest BCUT2D eigenvalue weighted by molar-refractivity contribution is 7.98. The van der Waals surface area contributed by atoms with Crippen LogP contribution in [0.4, 0.5) is 5.95 Å². The number of hydrogen-bond acceptors (Lipinski definition) is 8. The van der Waals surface area contributed by atoms with Crippen molar-refractivity contribution >= 4 is 34.8 Å². The van der Waals surface area contributed by atoms with E-state index in [4.69, 9.17) is 0 Å². The van der Waals surface area contributed by atoms with E-state index in [9.17, 15) is 0 Å². The van der Waals surface area contributed by atoms with Crippen molar-refractivity contribution in [3.8, 4) is 0 Å². The number of nitrogens with one attached hydrogen (secondary N) is 1. The lowest BCUT2D eigenvalue weighted by molar-refractivity contribution is 0.827. The lowest BCUT2D eigenvalue weighted by atomic mass is 10.6. The number of thiazole rings is 1. The van der Waals surface area contributed by atoms with Gasteiger partial charge in [-0.15, -0.1) is 11.3 Å². The molecule has 3 aromatic rings. The summed E-state index contributed by atoms with van der Waals surface area (Å²) in [6.07, 6.45) is 5.16. The number of anilines is 1. The van der Waals surface area contributed by atoms with Crippen LogP contribution in [-0.2, 0) is 6.54 Å². The smallest absolute Gasteiger partial charge is 0.257 e. The molecule has 0 fully saturated rings. The highest BCUT2D eigenvalue weighted by Gasteiger charge is 2.08. The second-order valence-corrected chi connectivity index (χ2v) is 5.04. The minimum atomic E-state index is 0.538. The van der Waals surface area contributed by atoms with E-state index in [1.54, 1.807) is 22.0 Å². The average Bonchev–Trinajstić information content (AvgIpc) is 3.06. The maximum atomic E-state index is 4.37. The zero-order valence-electron chi connectivity index (χ0n) is 9.44. The summed E-state index contributed by atoms with van der Waals surface area (Å²) in [6, 6.07) is 0. The summed E-state index contributed by atoms with van der Waals surface area (Å²) in [4.78, 5) is 16.9. The number of aromatic nitrogens is 6. The van der Waals surface area contributed by atoms with Gasteiger partial charge in [0.05, 0.1) is 6.54 Å². The normalized spacial score (nSPS) is 10.9. The molecule has 1 N–H and O–H groups in total. The molecule has 0 saturated carbocycles. The predicted molar refractivity (Wildman–Crippen MR) is 69.8 cm³/mol. The monoisotopic (exact) mass is 279 g/mol. The van der Waals surface area contributed by atoms with Gasteiger partial charge in [0.2, 0.25) is 5.95 Å². The minimum Gasteiger partial charge on any atom is -0.347 e. The topological polar surface area (TPSA) is 80.9 Å². The molecule has 0 bridgehead atoms. The molecular formula is C9H9N7S2. The van der Waals surface area contributed by atoms with Crippen molar-refractivity contribution in [3.05, 3.63) is 22.9 Å². The summed E-state index contributed by atoms with van der Waals surface area (Å²) in [7, 11) is 0. The van der Waals surface area contributed by atoms with Crippen LogP contribution in [0.5, 0.6) is 0 Å². The standard InChI is InChI=1S/C9H9N7S2/c1-17-9-14-7(11-4-6-10-2-3-18-6)16-8(15-9)12-5-13-16/h2-3,5H,4H2,1H3,(H,11,12,13,14,15). The number of hydrogen-bond donors (Lipinski definition) is 1. The summed E-state index contributed by atoms with van der Waals surface area (Å²) in [5.74, 6) is 1.16. The Kier molecular flexibility index (Phi) is 3.07. The second kappa shape index (κ2) is 4.86. The van der Waals surface area contributed by atoms with Crippen molar-refractivity contribution < 1.29 is 0 Å². The fourth-order valence-corrected chi connectivity index (χ4v) is 2.32. The fraction of sp³-hybridized carbons (Fsp3) is 0.222. The summed E-state index contributed by atoms with van der Waals surface area (Å²) < 4.78 is 1.58. The SMILES string of the molecule is CSc1nc(NCc2nccs2)n2ncnc2n1. The molecule has 0 spiro atoms. The Balaban J connectivity index is 1.92. The molecule has 3 heterocycles. The van der Waals surface area contributed by atoms with Crippen LogP contribution < -0.4 is 5.32 Å². The average molecular weight is 279 g/mol. The first-order valence-corrected chi connectivity index (χ1v) is 7.21. The summed E-state index contributed by atoms with van der Waals surface area (Å²) in [5, 5.41) is 10.9. The number of rotatable bonds is 4. The first-order chi connectivity index (χ1) is 8.86. The van der Waals surface area contributed by atoms with Crippen LogP contribution in [0, 0.1) is 0 Å². The maximum absolute atomic E-state index is 4.37. The van der Waals surface area contributed by atoms with E-state index in [2.05, 4.69) is 30.4 Å². The molecule has 0 amide bonds. The van der Waals surface area contributed by atoms with Gasteiger partial charge in [-0.3, -0.25) is 0 Å². The third-order valence-electron chi connectivity index (χ3n) is 2.19. The van der Waals surface area contributed by atoms with Gasteiger partial charge in [-0.2, -0.15) is 24.6 Å². The van der Waals surface area contributed by atoms with Crippen LogP contribution in [0.1, 0.15) is 5.01 Å². The maximum Gasteiger partial charge on any atom is 0.257 e. The fourth-order valence-electron chi connectivity index (χ4n) is 1.41. The van der Waals surface area contributed by atoms with E-state index < -0.39 is 0 Å². The van der Waals surface area contributed by atoms with Gasteiger partial charge in [-0.05, 0) is 6.26 Å². The van der Waals surface area contributed by atoms with Gasteiger partial charge in [0.15, 0.2) is 5.16 Å². The van der Waals surface area contributed by atoms with Crippen LogP contribution in [0.2, 0.25) is 0 Å². The zero-order chi connectivity index (χ0) is 12.4. The van der Waals surface area contributed by atoms with Crippen molar-refractivity contribution in [2.45, 2.75) is 11.7 Å². The van der Waals surface area contributed by atoms with Crippen molar-refractivity contribution in [3.63, 3.8) is 0 Å². The molecule has 0 atom stereocenters. The summed E-state index contributed by atoms with van der Waals surface area (Å²) in [5.41, 5.74) is 0. The molecule has 9 heteroatoms. The van der Waals surface area contributed by atoms with E-state index in [-0.39, 0.29) is 0 Å². The summed E-state index contributed by atoms with van der Waals surface area (Å²) in [6.45, 7) is 0.609. The molecule has 0 saturated heterocycles. The van der Waals surface area contributed by atoms with Crippen molar-refractivity contribution in [2.75, 3.05) is 11.6 Å². The molecule has 0 aliphatic carbocycles. The molecule has 0 radical (unpaired) electrons. The van der Waals surface area contributed by atoms with Crippen LogP contribution in [0.3, 0.4) is 0 Å². The van der Waals surface area contributed by atoms with Crippen LogP contribution in [0.25, 0.3) is 5.78 Å². The molecular weight excluding hydrogens is 270 g/mol. The summed E-state index contributed by atoms with van der Waals surface area (Å²) >= 11 is 3.06. The molecule has 0 aliphatic rings. The first kappa shape index (κ1) is 11.4.